The Hall–Kier alpha value is -3.02. The normalized spacial score (nSPS) is 10.3. The minimum Gasteiger partial charge on any atom is -0.493 e. The van der Waals surface area contributed by atoms with Crippen LogP contribution in [0.2, 0.25) is 0 Å². The maximum atomic E-state index is 12.7. The Morgan fingerprint density at radius 2 is 1.64 bits per heavy atom. The van der Waals surface area contributed by atoms with Crippen LogP contribution >= 0.6 is 0 Å². The van der Waals surface area contributed by atoms with Gasteiger partial charge in [-0.15, -0.1) is 0 Å². The molecule has 150 valence electrons. The molecule has 0 unspecified atom stereocenters. The number of hydrogen-bond donors (Lipinski definition) is 0. The first-order valence-corrected chi connectivity index (χ1v) is 9.32. The van der Waals surface area contributed by atoms with Gasteiger partial charge in [-0.25, -0.2) is 0 Å². The van der Waals surface area contributed by atoms with Crippen LogP contribution in [0.1, 0.15) is 25.8 Å². The number of carbonyl (C=O) groups excluding carboxylic acids is 2. The Morgan fingerprint density at radius 3 is 2.21 bits per heavy atom. The largest absolute Gasteiger partial charge is 0.493 e. The predicted molar refractivity (Wildman–Crippen MR) is 110 cm³/mol. The van der Waals surface area contributed by atoms with E-state index in [1.54, 1.807) is 42.2 Å². The van der Waals surface area contributed by atoms with Gasteiger partial charge in [-0.3, -0.25) is 9.59 Å². The number of rotatable bonds is 9. The second-order valence-electron chi connectivity index (χ2n) is 6.35. The zero-order valence-electron chi connectivity index (χ0n) is 17.0. The average Bonchev–Trinajstić information content (AvgIpc) is 2.72. The third-order valence-corrected chi connectivity index (χ3v) is 4.56. The molecule has 0 radical (unpaired) electrons. The summed E-state index contributed by atoms with van der Waals surface area (Å²) in [6, 6.07) is 15.2. The number of anilines is 1. The molecule has 0 atom stereocenters. The van der Waals surface area contributed by atoms with Crippen molar-refractivity contribution < 1.29 is 19.1 Å². The van der Waals surface area contributed by atoms with E-state index in [0.29, 0.717) is 36.8 Å². The van der Waals surface area contributed by atoms with Gasteiger partial charge >= 0.3 is 0 Å². The fourth-order valence-corrected chi connectivity index (χ4v) is 3.01. The van der Waals surface area contributed by atoms with Crippen molar-refractivity contribution in [2.45, 2.75) is 26.8 Å². The summed E-state index contributed by atoms with van der Waals surface area (Å²) in [4.78, 5) is 28.2. The fourth-order valence-electron chi connectivity index (χ4n) is 3.01. The number of carbonyl (C=O) groups is 2. The van der Waals surface area contributed by atoms with Gasteiger partial charge in [-0.1, -0.05) is 30.3 Å². The van der Waals surface area contributed by atoms with E-state index in [-0.39, 0.29) is 18.2 Å². The molecule has 0 saturated heterocycles. The van der Waals surface area contributed by atoms with E-state index >= 15 is 0 Å². The van der Waals surface area contributed by atoms with Gasteiger partial charge in [0.25, 0.3) is 0 Å². The third-order valence-electron chi connectivity index (χ3n) is 4.56. The van der Waals surface area contributed by atoms with Gasteiger partial charge in [-0.05, 0) is 24.6 Å². The van der Waals surface area contributed by atoms with E-state index in [1.165, 1.54) is 6.92 Å². The van der Waals surface area contributed by atoms with Gasteiger partial charge < -0.3 is 19.3 Å². The van der Waals surface area contributed by atoms with Gasteiger partial charge in [0.15, 0.2) is 11.5 Å². The molecule has 6 nitrogen and oxygen atoms in total. The maximum Gasteiger partial charge on any atom is 0.224 e. The molecule has 0 N–H and O–H groups in total. The van der Waals surface area contributed by atoms with Gasteiger partial charge in [0.2, 0.25) is 11.8 Å². The van der Waals surface area contributed by atoms with Crippen LogP contribution in [0.25, 0.3) is 0 Å². The highest BCUT2D eigenvalue weighted by Gasteiger charge is 2.18. The Kier molecular flexibility index (Phi) is 7.87. The van der Waals surface area contributed by atoms with Crippen LogP contribution in [0, 0.1) is 0 Å². The lowest BCUT2D eigenvalue weighted by Gasteiger charge is -2.25. The van der Waals surface area contributed by atoms with Crippen LogP contribution in [0.3, 0.4) is 0 Å². The lowest BCUT2D eigenvalue weighted by molar-refractivity contribution is -0.131. The number of amides is 2. The number of hydrogen-bond acceptors (Lipinski definition) is 4. The molecule has 28 heavy (non-hydrogen) atoms. The van der Waals surface area contributed by atoms with Gasteiger partial charge in [0.05, 0.1) is 14.2 Å². The number of benzene rings is 2. The van der Waals surface area contributed by atoms with Gasteiger partial charge in [0, 0.05) is 44.7 Å². The summed E-state index contributed by atoms with van der Waals surface area (Å²) >= 11 is 0. The molecule has 0 saturated carbocycles. The SMILES string of the molecule is CCN(Cc1ccccc1)C(=O)CCN(C(C)=O)c1ccc(OC)c(OC)c1. The van der Waals surface area contributed by atoms with Crippen LogP contribution in [0.4, 0.5) is 5.69 Å². The molecule has 2 aromatic rings. The average molecular weight is 384 g/mol. The minimum atomic E-state index is -0.133. The molecular weight excluding hydrogens is 356 g/mol. The van der Waals surface area contributed by atoms with Crippen molar-refractivity contribution >= 4 is 17.5 Å². The van der Waals surface area contributed by atoms with E-state index in [4.69, 9.17) is 9.47 Å². The molecule has 2 amide bonds. The lowest BCUT2D eigenvalue weighted by Crippen LogP contribution is -2.36. The van der Waals surface area contributed by atoms with Crippen molar-refractivity contribution in [3.63, 3.8) is 0 Å². The zero-order chi connectivity index (χ0) is 20.5. The van der Waals surface area contributed by atoms with E-state index in [1.807, 2.05) is 37.3 Å². The highest BCUT2D eigenvalue weighted by molar-refractivity contribution is 5.92. The summed E-state index contributed by atoms with van der Waals surface area (Å²) in [6.07, 6.45) is 0.245. The monoisotopic (exact) mass is 384 g/mol. The molecule has 0 aromatic heterocycles. The minimum absolute atomic E-state index is 0.0121. The van der Waals surface area contributed by atoms with Crippen molar-refractivity contribution in [1.29, 1.82) is 0 Å². The third kappa shape index (κ3) is 5.49. The lowest BCUT2D eigenvalue weighted by atomic mass is 10.2. The van der Waals surface area contributed by atoms with Gasteiger partial charge in [-0.2, -0.15) is 0 Å². The summed E-state index contributed by atoms with van der Waals surface area (Å²) in [7, 11) is 3.11. The summed E-state index contributed by atoms with van der Waals surface area (Å²) in [5.74, 6) is 1.01. The van der Waals surface area contributed by atoms with E-state index in [0.717, 1.165) is 5.56 Å². The van der Waals surface area contributed by atoms with E-state index in [2.05, 4.69) is 0 Å². The van der Waals surface area contributed by atoms with Crippen LogP contribution in [-0.4, -0.2) is 44.0 Å². The molecule has 0 aliphatic rings. The quantitative estimate of drug-likeness (QED) is 0.664. The Balaban J connectivity index is 2.08. The summed E-state index contributed by atoms with van der Waals surface area (Å²) in [6.45, 7) is 4.92. The van der Waals surface area contributed by atoms with Crippen LogP contribution in [0.15, 0.2) is 48.5 Å². The number of nitrogens with zero attached hydrogens (tertiary/aromatic N) is 2. The highest BCUT2D eigenvalue weighted by atomic mass is 16.5. The molecule has 2 rings (SSSR count). The summed E-state index contributed by atoms with van der Waals surface area (Å²) in [5.41, 5.74) is 1.75. The number of ether oxygens (including phenoxy) is 2. The molecule has 0 bridgehead atoms. The first-order valence-electron chi connectivity index (χ1n) is 9.32. The maximum absolute atomic E-state index is 12.7. The molecule has 0 spiro atoms. The molecule has 0 heterocycles. The van der Waals surface area contributed by atoms with Crippen molar-refractivity contribution in [2.24, 2.45) is 0 Å². The Bertz CT molecular complexity index is 792. The second-order valence-corrected chi connectivity index (χ2v) is 6.35. The number of methoxy groups -OCH3 is 2. The second kappa shape index (κ2) is 10.3. The van der Waals surface area contributed by atoms with Crippen molar-refractivity contribution in [3.05, 3.63) is 54.1 Å². The smallest absolute Gasteiger partial charge is 0.224 e. The highest BCUT2D eigenvalue weighted by Crippen LogP contribution is 2.31. The summed E-state index contributed by atoms with van der Waals surface area (Å²) in [5, 5.41) is 0. The molecular formula is C22H28N2O4. The first-order chi connectivity index (χ1) is 13.5. The zero-order valence-corrected chi connectivity index (χ0v) is 17.0. The molecule has 2 aromatic carbocycles. The first kappa shape index (κ1) is 21.3. The molecule has 0 aliphatic carbocycles. The van der Waals surface area contributed by atoms with Crippen LogP contribution < -0.4 is 14.4 Å². The Morgan fingerprint density at radius 1 is 0.964 bits per heavy atom. The fraction of sp³-hybridized carbons (Fsp3) is 0.364. The Labute approximate surface area is 166 Å². The summed E-state index contributed by atoms with van der Waals surface area (Å²) < 4.78 is 10.6. The molecule has 0 fully saturated rings. The van der Waals surface area contributed by atoms with Crippen molar-refractivity contribution in [3.8, 4) is 11.5 Å². The van der Waals surface area contributed by atoms with E-state index in [9.17, 15) is 9.59 Å². The topological polar surface area (TPSA) is 59.1 Å². The van der Waals surface area contributed by atoms with Gasteiger partial charge in [0.1, 0.15) is 0 Å². The predicted octanol–water partition coefficient (Wildman–Crippen LogP) is 3.50. The molecule has 6 heteroatoms. The van der Waals surface area contributed by atoms with Crippen molar-refractivity contribution in [2.75, 3.05) is 32.2 Å². The van der Waals surface area contributed by atoms with Crippen LogP contribution in [0.5, 0.6) is 11.5 Å². The van der Waals surface area contributed by atoms with E-state index < -0.39 is 0 Å². The standard InChI is InChI=1S/C22H28N2O4/c1-5-23(16-18-9-7-6-8-10-18)22(26)13-14-24(17(2)25)19-11-12-20(27-3)21(15-19)28-4/h6-12,15H,5,13-14,16H2,1-4H3. The molecule has 0 aliphatic heterocycles. The van der Waals surface area contributed by atoms with Crippen molar-refractivity contribution in [1.82, 2.24) is 4.90 Å². The van der Waals surface area contributed by atoms with Crippen LogP contribution in [-0.2, 0) is 16.1 Å².